The quantitative estimate of drug-likeness (QED) is 0.229. The number of carbonyl (C=O) groups excluding carboxylic acids is 2. The van der Waals surface area contributed by atoms with Crippen LogP contribution in [0.3, 0.4) is 0 Å². The third-order valence-corrected chi connectivity index (χ3v) is 6.64. The molecule has 2 heterocycles. The number of likely N-dealkylation sites (tertiary alicyclic amines) is 1. The second-order valence-corrected chi connectivity index (χ2v) is 9.29. The van der Waals surface area contributed by atoms with E-state index in [0.717, 1.165) is 52.8 Å². The smallest absolute Gasteiger partial charge is 0.274 e. The second kappa shape index (κ2) is 12.2. The van der Waals surface area contributed by atoms with Crippen LogP contribution in [-0.2, 0) is 18.4 Å². The Balaban J connectivity index is 0.000000342. The van der Waals surface area contributed by atoms with E-state index in [-0.39, 0.29) is 0 Å². The molecule has 0 radical (unpaired) electrons. The van der Waals surface area contributed by atoms with Crippen molar-refractivity contribution in [1.29, 1.82) is 0 Å². The number of hydrogen-bond donors (Lipinski definition) is 2. The average molecular weight is 500 g/mol. The Hall–Kier alpha value is -4.17. The van der Waals surface area contributed by atoms with Crippen LogP contribution in [0.5, 0.6) is 0 Å². The number of nitrogens with zero attached hydrogens (tertiary/aromatic N) is 4. The Bertz CT molecular complexity index is 1340. The minimum Gasteiger partial charge on any atom is -0.370 e. The molecular formula is C29H33N5O3. The summed E-state index contributed by atoms with van der Waals surface area (Å²) in [5, 5.41) is 14.2. The highest BCUT2D eigenvalue weighted by molar-refractivity contribution is 5.93. The van der Waals surface area contributed by atoms with Crippen LogP contribution in [0.4, 0.5) is 5.69 Å². The molecule has 0 atom stereocenters. The van der Waals surface area contributed by atoms with Crippen molar-refractivity contribution in [1.82, 2.24) is 20.2 Å². The fraction of sp³-hybridized carbons (Fsp3) is 0.276. The van der Waals surface area contributed by atoms with E-state index >= 15 is 0 Å². The van der Waals surface area contributed by atoms with Crippen LogP contribution >= 0.6 is 0 Å². The fourth-order valence-electron chi connectivity index (χ4n) is 4.48. The number of hydrogen-bond acceptors (Lipinski definition) is 5. The number of nitrogens with one attached hydrogen (secondary N) is 1. The summed E-state index contributed by atoms with van der Waals surface area (Å²) in [4.78, 5) is 25.5. The van der Waals surface area contributed by atoms with E-state index < -0.39 is 5.91 Å². The van der Waals surface area contributed by atoms with E-state index in [1.54, 1.807) is 17.6 Å². The van der Waals surface area contributed by atoms with Crippen LogP contribution in [0.25, 0.3) is 22.0 Å². The number of amides is 2. The molecule has 2 amide bonds. The Labute approximate surface area is 217 Å². The van der Waals surface area contributed by atoms with Crippen LogP contribution in [0.1, 0.15) is 35.2 Å². The minimum atomic E-state index is -0.511. The lowest BCUT2D eigenvalue weighted by atomic mass is 10.0. The summed E-state index contributed by atoms with van der Waals surface area (Å²) in [5.74, 6) is -0.511. The predicted molar refractivity (Wildman–Crippen MR) is 145 cm³/mol. The first-order valence-electron chi connectivity index (χ1n) is 12.4. The van der Waals surface area contributed by atoms with E-state index in [0.29, 0.717) is 12.1 Å². The molecule has 1 saturated heterocycles. The summed E-state index contributed by atoms with van der Waals surface area (Å²) in [6.07, 6.45) is 6.51. The van der Waals surface area contributed by atoms with Gasteiger partial charge in [-0.15, -0.1) is 0 Å². The highest BCUT2D eigenvalue weighted by atomic mass is 16.5. The molecule has 8 nitrogen and oxygen atoms in total. The zero-order valence-electron chi connectivity index (χ0n) is 21.3. The number of carbonyl (C=O) groups is 2. The molecule has 0 bridgehead atoms. The van der Waals surface area contributed by atoms with E-state index in [1.165, 1.54) is 19.3 Å². The molecule has 5 rings (SSSR count). The van der Waals surface area contributed by atoms with Gasteiger partial charge in [-0.3, -0.25) is 19.5 Å². The summed E-state index contributed by atoms with van der Waals surface area (Å²) in [7, 11) is 3.98. The number of aromatic nitrogens is 2. The summed E-state index contributed by atoms with van der Waals surface area (Å²) in [6.45, 7) is 2.65. The van der Waals surface area contributed by atoms with E-state index in [1.807, 2.05) is 42.0 Å². The van der Waals surface area contributed by atoms with Gasteiger partial charge in [0.1, 0.15) is 0 Å². The number of hydroxylamine groups is 1. The van der Waals surface area contributed by atoms with Crippen molar-refractivity contribution >= 4 is 28.9 Å². The number of aryl methyl sites for hydroxylation is 1. The summed E-state index contributed by atoms with van der Waals surface area (Å²) in [6, 6.07) is 22.0. The lowest BCUT2D eigenvalue weighted by Crippen LogP contribution is -2.27. The third kappa shape index (κ3) is 6.54. The number of fused-ring (bicyclic) bond motifs is 1. The molecule has 0 aliphatic carbocycles. The Morgan fingerprint density at radius 1 is 1.03 bits per heavy atom. The highest BCUT2D eigenvalue weighted by Crippen LogP contribution is 2.28. The highest BCUT2D eigenvalue weighted by Gasteiger charge is 2.08. The normalized spacial score (nSPS) is 13.0. The van der Waals surface area contributed by atoms with Crippen LogP contribution in [0.15, 0.2) is 72.9 Å². The summed E-state index contributed by atoms with van der Waals surface area (Å²) < 4.78 is 1.87. The van der Waals surface area contributed by atoms with E-state index in [4.69, 9.17) is 5.21 Å². The topological polar surface area (TPSA) is 90.7 Å². The van der Waals surface area contributed by atoms with Crippen molar-refractivity contribution < 1.29 is 14.8 Å². The molecule has 0 spiro atoms. The van der Waals surface area contributed by atoms with Gasteiger partial charge in [-0.2, -0.15) is 5.10 Å². The van der Waals surface area contributed by atoms with Gasteiger partial charge < -0.3 is 9.80 Å². The monoisotopic (exact) mass is 499 g/mol. The number of rotatable bonds is 6. The zero-order chi connectivity index (χ0) is 26.2. The van der Waals surface area contributed by atoms with Crippen LogP contribution in [0.2, 0.25) is 0 Å². The Morgan fingerprint density at radius 3 is 2.43 bits per heavy atom. The van der Waals surface area contributed by atoms with E-state index in [2.05, 4.69) is 52.5 Å². The van der Waals surface area contributed by atoms with Crippen LogP contribution in [-0.4, -0.2) is 52.3 Å². The van der Waals surface area contributed by atoms with Crippen molar-refractivity contribution in [2.45, 2.75) is 25.8 Å². The van der Waals surface area contributed by atoms with Gasteiger partial charge in [0.25, 0.3) is 5.91 Å². The van der Waals surface area contributed by atoms with Gasteiger partial charge in [-0.25, -0.2) is 5.48 Å². The third-order valence-electron chi connectivity index (χ3n) is 6.64. The Kier molecular flexibility index (Phi) is 8.53. The molecule has 0 unspecified atom stereocenters. The van der Waals surface area contributed by atoms with Gasteiger partial charge in [-0.1, -0.05) is 30.3 Å². The molecule has 192 valence electrons. The average Bonchev–Trinajstić information content (AvgIpc) is 3.33. The van der Waals surface area contributed by atoms with Gasteiger partial charge in [-0.05, 0) is 72.4 Å². The van der Waals surface area contributed by atoms with Crippen molar-refractivity contribution in [2.75, 3.05) is 25.0 Å². The molecule has 1 aliphatic rings. The number of anilines is 1. The van der Waals surface area contributed by atoms with Crippen molar-refractivity contribution in [3.8, 4) is 11.1 Å². The molecule has 0 saturated carbocycles. The molecule has 37 heavy (non-hydrogen) atoms. The van der Waals surface area contributed by atoms with Gasteiger partial charge in [0.15, 0.2) is 0 Å². The first-order chi connectivity index (χ1) is 18.0. The molecule has 1 aromatic heterocycles. The SMILES string of the molecule is CN(Cc1ccc(C(=O)NO)cc1)c1cccc(-c2ccc3c(cnn3C)c2)c1.O=CN1CCCCC1. The molecule has 1 aliphatic heterocycles. The molecule has 3 aromatic carbocycles. The van der Waals surface area contributed by atoms with Gasteiger partial charge >= 0.3 is 0 Å². The molecule has 1 fully saturated rings. The molecule has 2 N–H and O–H groups in total. The summed E-state index contributed by atoms with van der Waals surface area (Å²) >= 11 is 0. The van der Waals surface area contributed by atoms with Crippen LogP contribution < -0.4 is 10.4 Å². The van der Waals surface area contributed by atoms with Crippen molar-refractivity contribution in [3.05, 3.63) is 84.1 Å². The van der Waals surface area contributed by atoms with E-state index in [9.17, 15) is 9.59 Å². The first-order valence-corrected chi connectivity index (χ1v) is 12.4. The molecular weight excluding hydrogens is 466 g/mol. The zero-order valence-corrected chi connectivity index (χ0v) is 21.3. The van der Waals surface area contributed by atoms with Crippen molar-refractivity contribution in [3.63, 3.8) is 0 Å². The van der Waals surface area contributed by atoms with Crippen molar-refractivity contribution in [2.24, 2.45) is 7.05 Å². The minimum absolute atomic E-state index is 0.423. The van der Waals surface area contributed by atoms with Gasteiger partial charge in [0.2, 0.25) is 6.41 Å². The lowest BCUT2D eigenvalue weighted by Gasteiger charge is -2.21. The predicted octanol–water partition coefficient (Wildman–Crippen LogP) is 4.62. The second-order valence-electron chi connectivity index (χ2n) is 9.29. The maximum Gasteiger partial charge on any atom is 0.274 e. The standard InChI is InChI=1S/C23H22N4O2.C6H11NO/c1-26(15-16-6-8-17(9-7-16)23(28)25-29)21-5-3-4-18(13-21)19-10-11-22-20(12-19)14-24-27(22)2;8-6-7-4-2-1-3-5-7/h3-14,29H,15H2,1-2H3,(H,25,28);6H,1-5H2. The lowest BCUT2D eigenvalue weighted by molar-refractivity contribution is -0.118. The Morgan fingerprint density at radius 2 is 1.76 bits per heavy atom. The number of benzene rings is 3. The number of piperidine rings is 1. The summed E-state index contributed by atoms with van der Waals surface area (Å²) in [5.41, 5.74) is 7.66. The van der Waals surface area contributed by atoms with Gasteiger partial charge in [0, 0.05) is 50.4 Å². The first kappa shape index (κ1) is 25.9. The molecule has 8 heteroatoms. The van der Waals surface area contributed by atoms with Gasteiger partial charge in [0.05, 0.1) is 11.7 Å². The van der Waals surface area contributed by atoms with Crippen LogP contribution in [0, 0.1) is 0 Å². The maximum atomic E-state index is 11.4. The maximum absolute atomic E-state index is 11.4. The molecule has 4 aromatic rings. The largest absolute Gasteiger partial charge is 0.370 e. The fourth-order valence-corrected chi connectivity index (χ4v) is 4.48.